The van der Waals surface area contributed by atoms with Gasteiger partial charge in [0.05, 0.1) is 4.90 Å². The van der Waals surface area contributed by atoms with Crippen LogP contribution in [0.5, 0.6) is 0 Å². The summed E-state index contributed by atoms with van der Waals surface area (Å²) in [5.74, 6) is 0.614. The molecule has 1 aromatic rings. The Kier molecular flexibility index (Phi) is 4.44. The number of primary sulfonamides is 1. The molecule has 0 saturated heterocycles. The first-order chi connectivity index (χ1) is 9.00. The van der Waals surface area contributed by atoms with Crippen molar-refractivity contribution in [3.63, 3.8) is 0 Å². The van der Waals surface area contributed by atoms with Crippen molar-refractivity contribution >= 4 is 15.7 Å². The highest BCUT2D eigenvalue weighted by Gasteiger charge is 2.23. The molecule has 0 aromatic heterocycles. The van der Waals surface area contributed by atoms with E-state index in [1.807, 2.05) is 0 Å². The standard InChI is InChI=1S/C13H21N3O2S/c14-9-13(10-3-1-2-4-10)16-11-5-7-12(8-6-11)19(15,17)18/h5-8,10,13,16H,1-4,9,14H2,(H2,15,17,18). The molecule has 6 heteroatoms. The van der Waals surface area contributed by atoms with E-state index in [1.54, 1.807) is 12.1 Å². The van der Waals surface area contributed by atoms with E-state index in [0.717, 1.165) is 5.69 Å². The van der Waals surface area contributed by atoms with Crippen molar-refractivity contribution < 1.29 is 8.42 Å². The number of hydrogen-bond donors (Lipinski definition) is 3. The molecule has 0 bridgehead atoms. The Bertz CT molecular complexity index is 507. The minimum Gasteiger partial charge on any atom is -0.381 e. The van der Waals surface area contributed by atoms with Gasteiger partial charge in [-0.1, -0.05) is 12.8 Å². The molecule has 1 aromatic carbocycles. The lowest BCUT2D eigenvalue weighted by atomic mass is 9.98. The Balaban J connectivity index is 2.05. The summed E-state index contributed by atoms with van der Waals surface area (Å²) in [4.78, 5) is 0.128. The minimum atomic E-state index is -3.62. The first kappa shape index (κ1) is 14.3. The van der Waals surface area contributed by atoms with E-state index in [-0.39, 0.29) is 10.9 Å². The molecule has 1 saturated carbocycles. The number of nitrogens with one attached hydrogen (secondary N) is 1. The molecule has 106 valence electrons. The predicted molar refractivity (Wildman–Crippen MR) is 76.2 cm³/mol. The van der Waals surface area contributed by atoms with Crippen molar-refractivity contribution in [2.24, 2.45) is 16.8 Å². The Morgan fingerprint density at radius 2 is 1.79 bits per heavy atom. The van der Waals surface area contributed by atoms with Crippen LogP contribution in [0.15, 0.2) is 29.2 Å². The molecule has 0 amide bonds. The SMILES string of the molecule is NCC(Nc1ccc(S(N)(=O)=O)cc1)C1CCCC1. The quantitative estimate of drug-likeness (QED) is 0.757. The summed E-state index contributed by atoms with van der Waals surface area (Å²) in [5.41, 5.74) is 6.71. The number of nitrogens with two attached hydrogens (primary N) is 2. The van der Waals surface area contributed by atoms with Crippen molar-refractivity contribution in [2.75, 3.05) is 11.9 Å². The molecular weight excluding hydrogens is 262 g/mol. The maximum atomic E-state index is 11.2. The predicted octanol–water partition coefficient (Wildman–Crippen LogP) is 1.26. The van der Waals surface area contributed by atoms with E-state index in [9.17, 15) is 8.42 Å². The largest absolute Gasteiger partial charge is 0.381 e. The second-order valence-electron chi connectivity index (χ2n) is 5.10. The molecule has 2 rings (SSSR count). The van der Waals surface area contributed by atoms with E-state index in [1.165, 1.54) is 37.8 Å². The number of hydrogen-bond acceptors (Lipinski definition) is 4. The van der Waals surface area contributed by atoms with Crippen LogP contribution in [0, 0.1) is 5.92 Å². The van der Waals surface area contributed by atoms with E-state index < -0.39 is 10.0 Å². The van der Waals surface area contributed by atoms with Crippen molar-refractivity contribution in [1.82, 2.24) is 0 Å². The molecule has 5 N–H and O–H groups in total. The molecular formula is C13H21N3O2S. The maximum Gasteiger partial charge on any atom is 0.238 e. The molecule has 1 aliphatic rings. The van der Waals surface area contributed by atoms with E-state index in [2.05, 4.69) is 5.32 Å². The van der Waals surface area contributed by atoms with Crippen molar-refractivity contribution in [1.29, 1.82) is 0 Å². The van der Waals surface area contributed by atoms with Gasteiger partial charge in [0.15, 0.2) is 0 Å². The van der Waals surface area contributed by atoms with Gasteiger partial charge in [-0.3, -0.25) is 0 Å². The average molecular weight is 283 g/mol. The second-order valence-corrected chi connectivity index (χ2v) is 6.66. The normalized spacial score (nSPS) is 18.4. The van der Waals surface area contributed by atoms with E-state index >= 15 is 0 Å². The molecule has 0 spiro atoms. The van der Waals surface area contributed by atoms with Gasteiger partial charge in [-0.25, -0.2) is 13.6 Å². The van der Waals surface area contributed by atoms with Gasteiger partial charge in [0, 0.05) is 18.3 Å². The van der Waals surface area contributed by atoms with Crippen LogP contribution in [-0.2, 0) is 10.0 Å². The molecule has 0 radical (unpaired) electrons. The molecule has 1 aliphatic carbocycles. The lowest BCUT2D eigenvalue weighted by Gasteiger charge is -2.24. The van der Waals surface area contributed by atoms with Gasteiger partial charge in [-0.15, -0.1) is 0 Å². The Hall–Kier alpha value is -1.11. The Morgan fingerprint density at radius 3 is 2.26 bits per heavy atom. The van der Waals surface area contributed by atoms with Crippen LogP contribution in [0.4, 0.5) is 5.69 Å². The summed E-state index contributed by atoms with van der Waals surface area (Å²) in [6.07, 6.45) is 4.97. The monoisotopic (exact) mass is 283 g/mol. The highest BCUT2D eigenvalue weighted by Crippen LogP contribution is 2.29. The summed E-state index contributed by atoms with van der Waals surface area (Å²) in [6, 6.07) is 6.75. The van der Waals surface area contributed by atoms with Gasteiger partial charge in [0.25, 0.3) is 0 Å². The smallest absolute Gasteiger partial charge is 0.238 e. The first-order valence-corrected chi connectivity index (χ1v) is 8.15. The van der Waals surface area contributed by atoms with Crippen molar-refractivity contribution in [2.45, 2.75) is 36.6 Å². The maximum absolute atomic E-state index is 11.2. The third kappa shape index (κ3) is 3.68. The van der Waals surface area contributed by atoms with Crippen LogP contribution in [0.25, 0.3) is 0 Å². The highest BCUT2D eigenvalue weighted by atomic mass is 32.2. The van der Waals surface area contributed by atoms with Gasteiger partial charge >= 0.3 is 0 Å². The fourth-order valence-electron chi connectivity index (χ4n) is 2.68. The van der Waals surface area contributed by atoms with Gasteiger partial charge in [-0.2, -0.15) is 0 Å². The summed E-state index contributed by atoms with van der Waals surface area (Å²) in [6.45, 7) is 0.585. The molecule has 1 unspecified atom stereocenters. The van der Waals surface area contributed by atoms with Crippen LogP contribution in [0.2, 0.25) is 0 Å². The first-order valence-electron chi connectivity index (χ1n) is 6.60. The van der Waals surface area contributed by atoms with E-state index in [4.69, 9.17) is 10.9 Å². The van der Waals surface area contributed by atoms with Gasteiger partial charge in [0.2, 0.25) is 10.0 Å². The van der Waals surface area contributed by atoms with Crippen LogP contribution in [0.3, 0.4) is 0 Å². The fourth-order valence-corrected chi connectivity index (χ4v) is 3.20. The van der Waals surface area contributed by atoms with E-state index in [0.29, 0.717) is 12.5 Å². The summed E-state index contributed by atoms with van der Waals surface area (Å²) in [5, 5.41) is 8.45. The molecule has 1 atom stereocenters. The lowest BCUT2D eigenvalue weighted by Crippen LogP contribution is -2.35. The van der Waals surface area contributed by atoms with Crippen LogP contribution in [-0.4, -0.2) is 21.0 Å². The van der Waals surface area contributed by atoms with Gasteiger partial charge < -0.3 is 11.1 Å². The third-order valence-corrected chi connectivity index (χ3v) is 4.69. The van der Waals surface area contributed by atoms with Gasteiger partial charge in [0.1, 0.15) is 0 Å². The third-order valence-electron chi connectivity index (χ3n) is 3.76. The molecule has 0 heterocycles. The highest BCUT2D eigenvalue weighted by molar-refractivity contribution is 7.89. The number of sulfonamides is 1. The summed E-state index contributed by atoms with van der Waals surface area (Å²) >= 11 is 0. The molecule has 0 aliphatic heterocycles. The molecule has 19 heavy (non-hydrogen) atoms. The lowest BCUT2D eigenvalue weighted by molar-refractivity contribution is 0.462. The number of rotatable bonds is 5. The zero-order valence-electron chi connectivity index (χ0n) is 10.9. The zero-order valence-corrected chi connectivity index (χ0v) is 11.7. The molecule has 1 fully saturated rings. The number of anilines is 1. The van der Waals surface area contributed by atoms with Gasteiger partial charge in [-0.05, 0) is 43.0 Å². The van der Waals surface area contributed by atoms with Crippen LogP contribution < -0.4 is 16.2 Å². The summed E-state index contributed by atoms with van der Waals surface area (Å²) < 4.78 is 22.3. The van der Waals surface area contributed by atoms with Crippen molar-refractivity contribution in [3.8, 4) is 0 Å². The average Bonchev–Trinajstić information content (AvgIpc) is 2.89. The molecule has 5 nitrogen and oxygen atoms in total. The zero-order chi connectivity index (χ0) is 13.9. The van der Waals surface area contributed by atoms with Crippen LogP contribution >= 0.6 is 0 Å². The second kappa shape index (κ2) is 5.90. The van der Waals surface area contributed by atoms with Crippen molar-refractivity contribution in [3.05, 3.63) is 24.3 Å². The topological polar surface area (TPSA) is 98.2 Å². The Labute approximate surface area is 114 Å². The fraction of sp³-hybridized carbons (Fsp3) is 0.538. The number of benzene rings is 1. The minimum absolute atomic E-state index is 0.128. The van der Waals surface area contributed by atoms with Crippen LogP contribution in [0.1, 0.15) is 25.7 Å². The summed E-state index contributed by atoms with van der Waals surface area (Å²) in [7, 11) is -3.62. The Morgan fingerprint density at radius 1 is 1.21 bits per heavy atom.